The van der Waals surface area contributed by atoms with E-state index in [-0.39, 0.29) is 6.42 Å². The molecule has 0 fully saturated rings. The van der Waals surface area contributed by atoms with Crippen LogP contribution in [0.3, 0.4) is 0 Å². The Bertz CT molecular complexity index is 357. The van der Waals surface area contributed by atoms with Crippen molar-refractivity contribution in [3.8, 4) is 5.75 Å². The molecule has 0 saturated carbocycles. The van der Waals surface area contributed by atoms with Crippen molar-refractivity contribution in [1.82, 2.24) is 0 Å². The van der Waals surface area contributed by atoms with Crippen molar-refractivity contribution in [2.24, 2.45) is 0 Å². The molecule has 0 unspecified atom stereocenters. The van der Waals surface area contributed by atoms with E-state index >= 15 is 0 Å². The van der Waals surface area contributed by atoms with Gasteiger partial charge in [-0.2, -0.15) is 0 Å². The fourth-order valence-electron chi connectivity index (χ4n) is 1.15. The van der Waals surface area contributed by atoms with E-state index in [9.17, 15) is 9.59 Å². The highest BCUT2D eigenvalue weighted by atomic mass is 16.6. The van der Waals surface area contributed by atoms with Gasteiger partial charge in [0.05, 0.1) is 6.42 Å². The van der Waals surface area contributed by atoms with Gasteiger partial charge in [0.1, 0.15) is 11.4 Å². The SMILES string of the molecule is CC(C)(CC(=O)Oc1ccccc1)O[C]=O. The number of hydrogen-bond donors (Lipinski definition) is 0. The lowest BCUT2D eigenvalue weighted by molar-refractivity contribution is -0.138. The lowest BCUT2D eigenvalue weighted by Gasteiger charge is -2.20. The number of carbonyl (C=O) groups excluding carboxylic acids is 2. The number of ether oxygens (including phenoxy) is 2. The van der Waals surface area contributed by atoms with Gasteiger partial charge < -0.3 is 9.47 Å². The van der Waals surface area contributed by atoms with Crippen LogP contribution in [0.1, 0.15) is 20.3 Å². The Kier molecular flexibility index (Phi) is 4.05. The number of rotatable bonds is 5. The zero-order chi connectivity index (χ0) is 12.0. The van der Waals surface area contributed by atoms with Gasteiger partial charge in [0.25, 0.3) is 0 Å². The van der Waals surface area contributed by atoms with Gasteiger partial charge in [-0.15, -0.1) is 0 Å². The van der Waals surface area contributed by atoms with E-state index < -0.39 is 11.6 Å². The molecule has 4 nitrogen and oxygen atoms in total. The largest absolute Gasteiger partial charge is 0.451 e. The van der Waals surface area contributed by atoms with Crippen molar-refractivity contribution >= 4 is 12.4 Å². The Morgan fingerprint density at radius 3 is 2.50 bits per heavy atom. The molecule has 0 aliphatic heterocycles. The third-order valence-electron chi connectivity index (χ3n) is 1.86. The fraction of sp³-hybridized carbons (Fsp3) is 0.333. The lowest BCUT2D eigenvalue weighted by Crippen LogP contribution is -2.29. The quantitative estimate of drug-likeness (QED) is 0.562. The summed E-state index contributed by atoms with van der Waals surface area (Å²) in [5, 5.41) is 0. The first-order chi connectivity index (χ1) is 7.53. The summed E-state index contributed by atoms with van der Waals surface area (Å²) < 4.78 is 9.68. The number of benzene rings is 1. The molecule has 1 aromatic rings. The second-order valence-electron chi connectivity index (χ2n) is 3.91. The zero-order valence-electron chi connectivity index (χ0n) is 9.23. The van der Waals surface area contributed by atoms with Gasteiger partial charge in [-0.25, -0.2) is 4.79 Å². The van der Waals surface area contributed by atoms with Crippen molar-refractivity contribution in [3.05, 3.63) is 30.3 Å². The van der Waals surface area contributed by atoms with E-state index in [2.05, 4.69) is 4.74 Å². The predicted octanol–water partition coefficient (Wildman–Crippen LogP) is 1.84. The van der Waals surface area contributed by atoms with Crippen LogP contribution in [0.25, 0.3) is 0 Å². The maximum absolute atomic E-state index is 11.5. The normalized spacial score (nSPS) is 10.6. The van der Waals surface area contributed by atoms with Gasteiger partial charge in [-0.3, -0.25) is 4.79 Å². The van der Waals surface area contributed by atoms with E-state index in [4.69, 9.17) is 4.74 Å². The Hall–Kier alpha value is -1.84. The third kappa shape index (κ3) is 4.13. The summed E-state index contributed by atoms with van der Waals surface area (Å²) in [4.78, 5) is 21.5. The minimum Gasteiger partial charge on any atom is -0.451 e. The summed E-state index contributed by atoms with van der Waals surface area (Å²) in [5.74, 6) is 0.0184. The molecule has 0 atom stereocenters. The second kappa shape index (κ2) is 5.30. The first-order valence-corrected chi connectivity index (χ1v) is 4.84. The molecule has 1 aromatic carbocycles. The average Bonchev–Trinajstić information content (AvgIpc) is 2.17. The Labute approximate surface area is 94.2 Å². The Balaban J connectivity index is 2.51. The molecule has 0 aromatic heterocycles. The summed E-state index contributed by atoms with van der Waals surface area (Å²) in [6.45, 7) is 4.55. The summed E-state index contributed by atoms with van der Waals surface area (Å²) in [7, 11) is 0. The molecule has 1 radical (unpaired) electrons. The van der Waals surface area contributed by atoms with Crippen LogP contribution in [0, 0.1) is 0 Å². The van der Waals surface area contributed by atoms with E-state index in [0.717, 1.165) is 0 Å². The maximum atomic E-state index is 11.5. The van der Waals surface area contributed by atoms with Crippen LogP contribution in [0.4, 0.5) is 0 Å². The van der Waals surface area contributed by atoms with Crippen LogP contribution in [0.15, 0.2) is 30.3 Å². The molecule has 0 bridgehead atoms. The molecule has 85 valence electrons. The smallest absolute Gasteiger partial charge is 0.418 e. The molecule has 0 spiro atoms. The first kappa shape index (κ1) is 12.2. The van der Waals surface area contributed by atoms with E-state index in [1.54, 1.807) is 38.1 Å². The van der Waals surface area contributed by atoms with Gasteiger partial charge in [-0.05, 0) is 26.0 Å². The van der Waals surface area contributed by atoms with Crippen LogP contribution in [0.5, 0.6) is 5.75 Å². The molecule has 0 saturated heterocycles. The van der Waals surface area contributed by atoms with Gasteiger partial charge in [-0.1, -0.05) is 18.2 Å². The summed E-state index contributed by atoms with van der Waals surface area (Å²) in [5.41, 5.74) is -0.895. The van der Waals surface area contributed by atoms with E-state index in [0.29, 0.717) is 5.75 Å². The first-order valence-electron chi connectivity index (χ1n) is 4.84. The van der Waals surface area contributed by atoms with Crippen molar-refractivity contribution < 1.29 is 19.1 Å². The average molecular weight is 221 g/mol. The number of esters is 1. The predicted molar refractivity (Wildman–Crippen MR) is 57.6 cm³/mol. The molecule has 0 heterocycles. The highest BCUT2D eigenvalue weighted by Gasteiger charge is 2.24. The third-order valence-corrected chi connectivity index (χ3v) is 1.86. The van der Waals surface area contributed by atoms with Crippen LogP contribution in [-0.4, -0.2) is 18.0 Å². The molecule has 0 N–H and O–H groups in total. The van der Waals surface area contributed by atoms with Crippen molar-refractivity contribution in [1.29, 1.82) is 0 Å². The standard InChI is InChI=1S/C12H13O4/c1-12(2,15-9-13)8-11(14)16-10-6-4-3-5-7-10/h3-7H,8H2,1-2H3. The minimum absolute atomic E-state index is 0.0167. The van der Waals surface area contributed by atoms with Gasteiger partial charge in [0, 0.05) is 0 Å². The van der Waals surface area contributed by atoms with Crippen LogP contribution >= 0.6 is 0 Å². The monoisotopic (exact) mass is 221 g/mol. The Morgan fingerprint density at radius 2 is 1.94 bits per heavy atom. The van der Waals surface area contributed by atoms with Gasteiger partial charge in [0.2, 0.25) is 0 Å². The molecule has 0 aliphatic carbocycles. The highest BCUT2D eigenvalue weighted by molar-refractivity contribution is 5.73. The van der Waals surface area contributed by atoms with E-state index in [1.807, 2.05) is 6.07 Å². The molecule has 16 heavy (non-hydrogen) atoms. The maximum Gasteiger partial charge on any atom is 0.418 e. The molecular formula is C12H13O4. The van der Waals surface area contributed by atoms with Crippen LogP contribution in [0.2, 0.25) is 0 Å². The van der Waals surface area contributed by atoms with Crippen molar-refractivity contribution in [2.75, 3.05) is 0 Å². The molecule has 1 rings (SSSR count). The Morgan fingerprint density at radius 1 is 1.31 bits per heavy atom. The summed E-state index contributed by atoms with van der Waals surface area (Å²) >= 11 is 0. The summed E-state index contributed by atoms with van der Waals surface area (Å²) in [6.07, 6.45) is -0.0167. The van der Waals surface area contributed by atoms with Crippen molar-refractivity contribution in [2.45, 2.75) is 25.9 Å². The zero-order valence-corrected chi connectivity index (χ0v) is 9.23. The molecule has 0 amide bonds. The highest BCUT2D eigenvalue weighted by Crippen LogP contribution is 2.16. The van der Waals surface area contributed by atoms with Gasteiger partial charge >= 0.3 is 12.4 Å². The summed E-state index contributed by atoms with van der Waals surface area (Å²) in [6, 6.07) is 8.72. The topological polar surface area (TPSA) is 52.6 Å². The molecular weight excluding hydrogens is 208 g/mol. The number of para-hydroxylation sites is 1. The fourth-order valence-corrected chi connectivity index (χ4v) is 1.15. The van der Waals surface area contributed by atoms with Gasteiger partial charge in [0.15, 0.2) is 0 Å². The van der Waals surface area contributed by atoms with E-state index in [1.165, 1.54) is 6.47 Å². The molecule has 4 heteroatoms. The van der Waals surface area contributed by atoms with Crippen LogP contribution < -0.4 is 4.74 Å². The minimum atomic E-state index is -0.895. The second-order valence-corrected chi connectivity index (χ2v) is 3.91. The molecule has 0 aliphatic rings. The lowest BCUT2D eigenvalue weighted by atomic mass is 10.1. The number of carbonyl (C=O) groups is 1. The van der Waals surface area contributed by atoms with Crippen molar-refractivity contribution in [3.63, 3.8) is 0 Å². The number of hydrogen-bond acceptors (Lipinski definition) is 4. The van der Waals surface area contributed by atoms with Crippen LogP contribution in [-0.2, 0) is 14.3 Å².